The SMILES string of the molecule is O=C(C=C(O)c1nn[nH]n1)c1nc(Cc2ccccc2)cs1. The number of nitrogens with zero attached hydrogens (tertiary/aromatic N) is 4. The number of aliphatic hydroxyl groups excluding tert-OH is 1. The lowest BCUT2D eigenvalue weighted by Crippen LogP contribution is -1.98. The van der Waals surface area contributed by atoms with E-state index in [1.807, 2.05) is 35.7 Å². The minimum Gasteiger partial charge on any atom is -0.504 e. The van der Waals surface area contributed by atoms with Gasteiger partial charge in [0.25, 0.3) is 0 Å². The van der Waals surface area contributed by atoms with E-state index in [1.54, 1.807) is 0 Å². The van der Waals surface area contributed by atoms with Gasteiger partial charge in [-0.3, -0.25) is 4.79 Å². The second kappa shape index (κ2) is 6.27. The maximum Gasteiger partial charge on any atom is 0.239 e. The highest BCUT2D eigenvalue weighted by Gasteiger charge is 2.13. The Morgan fingerprint density at radius 1 is 1.32 bits per heavy atom. The van der Waals surface area contributed by atoms with Crippen molar-refractivity contribution in [1.82, 2.24) is 25.6 Å². The molecule has 0 saturated carbocycles. The minimum atomic E-state index is -0.397. The number of benzene rings is 1. The third-order valence-corrected chi connectivity index (χ3v) is 3.74. The number of aliphatic hydroxyl groups is 1. The Labute approximate surface area is 129 Å². The number of allylic oxidation sites excluding steroid dienone is 1. The molecule has 0 aliphatic heterocycles. The molecule has 2 heterocycles. The summed E-state index contributed by atoms with van der Waals surface area (Å²) < 4.78 is 0. The number of aromatic nitrogens is 5. The third kappa shape index (κ3) is 3.23. The molecule has 0 spiro atoms. The number of hydrogen-bond donors (Lipinski definition) is 2. The first-order valence-corrected chi connectivity index (χ1v) is 7.27. The van der Waals surface area contributed by atoms with Crippen molar-refractivity contribution in [2.75, 3.05) is 0 Å². The quantitative estimate of drug-likeness (QED) is 0.424. The molecule has 0 fully saturated rings. The van der Waals surface area contributed by atoms with E-state index < -0.39 is 5.78 Å². The van der Waals surface area contributed by atoms with Gasteiger partial charge in [0, 0.05) is 17.9 Å². The summed E-state index contributed by atoms with van der Waals surface area (Å²) in [6.45, 7) is 0. The second-order valence-electron chi connectivity index (χ2n) is 4.44. The zero-order valence-corrected chi connectivity index (χ0v) is 12.1. The molecule has 2 N–H and O–H groups in total. The number of carbonyl (C=O) groups is 1. The van der Waals surface area contributed by atoms with Gasteiger partial charge in [0.15, 0.2) is 10.8 Å². The van der Waals surface area contributed by atoms with E-state index in [1.165, 1.54) is 11.3 Å². The molecule has 0 amide bonds. The lowest BCUT2D eigenvalue weighted by atomic mass is 10.1. The number of rotatable bonds is 5. The summed E-state index contributed by atoms with van der Waals surface area (Å²) in [7, 11) is 0. The summed E-state index contributed by atoms with van der Waals surface area (Å²) in [6, 6.07) is 9.87. The standard InChI is InChI=1S/C14H11N5O2S/c20-11(13-16-18-19-17-13)7-12(21)14-15-10(8-22-14)6-9-4-2-1-3-5-9/h1-5,7-8,20H,6H2,(H,16,17,18,19). The van der Waals surface area contributed by atoms with Crippen molar-refractivity contribution in [3.05, 3.63) is 63.9 Å². The van der Waals surface area contributed by atoms with Gasteiger partial charge in [-0.1, -0.05) is 30.3 Å². The molecule has 3 aromatic rings. The molecule has 0 bridgehead atoms. The summed E-state index contributed by atoms with van der Waals surface area (Å²) in [4.78, 5) is 16.3. The lowest BCUT2D eigenvalue weighted by molar-refractivity contribution is 0.104. The summed E-state index contributed by atoms with van der Waals surface area (Å²) in [5.41, 5.74) is 1.93. The van der Waals surface area contributed by atoms with Crippen LogP contribution in [0.3, 0.4) is 0 Å². The lowest BCUT2D eigenvalue weighted by Gasteiger charge is -1.96. The van der Waals surface area contributed by atoms with Crippen molar-refractivity contribution in [2.24, 2.45) is 0 Å². The van der Waals surface area contributed by atoms with Gasteiger partial charge in [0.1, 0.15) is 0 Å². The number of hydrogen-bond acceptors (Lipinski definition) is 7. The van der Waals surface area contributed by atoms with Crippen LogP contribution in [-0.2, 0) is 6.42 Å². The van der Waals surface area contributed by atoms with Crippen LogP contribution in [0.15, 0.2) is 41.8 Å². The zero-order valence-electron chi connectivity index (χ0n) is 11.3. The fourth-order valence-corrected chi connectivity index (χ4v) is 2.56. The Morgan fingerprint density at radius 3 is 2.86 bits per heavy atom. The topological polar surface area (TPSA) is 105 Å². The summed E-state index contributed by atoms with van der Waals surface area (Å²) in [6.07, 6.45) is 1.70. The van der Waals surface area contributed by atoms with Gasteiger partial charge >= 0.3 is 0 Å². The van der Waals surface area contributed by atoms with Crippen LogP contribution in [0.2, 0.25) is 0 Å². The fraction of sp³-hybridized carbons (Fsp3) is 0.0714. The highest BCUT2D eigenvalue weighted by Crippen LogP contribution is 2.16. The van der Waals surface area contributed by atoms with Crippen LogP contribution in [0.4, 0.5) is 0 Å². The van der Waals surface area contributed by atoms with Gasteiger partial charge in [0.05, 0.1) is 5.69 Å². The molecule has 0 unspecified atom stereocenters. The predicted octanol–water partition coefficient (Wildman–Crippen LogP) is 2.03. The number of aromatic amines is 1. The molecular formula is C14H11N5O2S. The zero-order chi connectivity index (χ0) is 15.4. The van der Waals surface area contributed by atoms with Crippen molar-refractivity contribution >= 4 is 22.9 Å². The number of H-pyrrole nitrogens is 1. The van der Waals surface area contributed by atoms with Crippen LogP contribution in [0, 0.1) is 0 Å². The van der Waals surface area contributed by atoms with Crippen LogP contribution in [0.5, 0.6) is 0 Å². The number of nitrogens with one attached hydrogen (secondary N) is 1. The van der Waals surface area contributed by atoms with E-state index in [4.69, 9.17) is 0 Å². The van der Waals surface area contributed by atoms with Crippen LogP contribution in [-0.4, -0.2) is 36.5 Å². The van der Waals surface area contributed by atoms with Crippen molar-refractivity contribution in [3.8, 4) is 0 Å². The van der Waals surface area contributed by atoms with E-state index in [0.29, 0.717) is 11.4 Å². The summed E-state index contributed by atoms with van der Waals surface area (Å²) in [5.74, 6) is -0.778. The van der Waals surface area contributed by atoms with E-state index in [-0.39, 0.29) is 11.6 Å². The molecule has 0 atom stereocenters. The minimum absolute atomic E-state index is 0.0329. The van der Waals surface area contributed by atoms with Gasteiger partial charge in [-0.25, -0.2) is 4.98 Å². The molecule has 22 heavy (non-hydrogen) atoms. The van der Waals surface area contributed by atoms with Gasteiger partial charge in [-0.15, -0.1) is 21.5 Å². The number of ketones is 1. The first-order chi connectivity index (χ1) is 10.7. The fourth-order valence-electron chi connectivity index (χ4n) is 1.83. The summed E-state index contributed by atoms with van der Waals surface area (Å²) in [5, 5.41) is 24.5. The monoisotopic (exact) mass is 313 g/mol. The molecule has 2 aromatic heterocycles. The highest BCUT2D eigenvalue weighted by atomic mass is 32.1. The number of thiazole rings is 1. The Morgan fingerprint density at radius 2 is 2.14 bits per heavy atom. The largest absolute Gasteiger partial charge is 0.504 e. The van der Waals surface area contributed by atoms with E-state index in [9.17, 15) is 9.90 Å². The first-order valence-electron chi connectivity index (χ1n) is 6.39. The van der Waals surface area contributed by atoms with Crippen molar-refractivity contribution in [1.29, 1.82) is 0 Å². The predicted molar refractivity (Wildman–Crippen MR) is 80.5 cm³/mol. The first kappa shape index (κ1) is 14.1. The molecule has 110 valence electrons. The average molecular weight is 313 g/mol. The number of carbonyl (C=O) groups excluding carboxylic acids is 1. The molecule has 0 aliphatic rings. The van der Waals surface area contributed by atoms with Gasteiger partial charge in [0.2, 0.25) is 11.6 Å². The van der Waals surface area contributed by atoms with Crippen molar-refractivity contribution in [3.63, 3.8) is 0 Å². The normalized spacial score (nSPS) is 11.5. The van der Waals surface area contributed by atoms with Crippen LogP contribution < -0.4 is 0 Å². The van der Waals surface area contributed by atoms with Gasteiger partial charge < -0.3 is 5.11 Å². The Kier molecular flexibility index (Phi) is 4.01. The Bertz CT molecular complexity index is 796. The molecule has 0 saturated heterocycles. The van der Waals surface area contributed by atoms with Gasteiger partial charge in [-0.2, -0.15) is 5.21 Å². The van der Waals surface area contributed by atoms with E-state index in [0.717, 1.165) is 17.3 Å². The third-order valence-electron chi connectivity index (χ3n) is 2.83. The van der Waals surface area contributed by atoms with Crippen LogP contribution in [0.25, 0.3) is 5.76 Å². The maximum atomic E-state index is 12.0. The second-order valence-corrected chi connectivity index (χ2v) is 5.29. The molecule has 0 radical (unpaired) electrons. The molecule has 0 aliphatic carbocycles. The highest BCUT2D eigenvalue weighted by molar-refractivity contribution is 7.11. The molecule has 8 heteroatoms. The van der Waals surface area contributed by atoms with E-state index in [2.05, 4.69) is 25.6 Å². The molecular weight excluding hydrogens is 302 g/mol. The molecule has 1 aromatic carbocycles. The Balaban J connectivity index is 1.73. The Hall–Kier alpha value is -2.87. The van der Waals surface area contributed by atoms with Crippen LogP contribution in [0.1, 0.15) is 26.9 Å². The summed E-state index contributed by atoms with van der Waals surface area (Å²) >= 11 is 1.24. The van der Waals surface area contributed by atoms with Crippen molar-refractivity contribution < 1.29 is 9.90 Å². The van der Waals surface area contributed by atoms with Gasteiger partial charge in [-0.05, 0) is 10.8 Å². The maximum absolute atomic E-state index is 12.0. The number of tetrazole rings is 1. The molecule has 3 rings (SSSR count). The van der Waals surface area contributed by atoms with Crippen molar-refractivity contribution in [2.45, 2.75) is 6.42 Å². The van der Waals surface area contributed by atoms with Crippen LogP contribution >= 0.6 is 11.3 Å². The average Bonchev–Trinajstić information content (AvgIpc) is 3.19. The van der Waals surface area contributed by atoms with E-state index >= 15 is 0 Å². The molecule has 7 nitrogen and oxygen atoms in total. The smallest absolute Gasteiger partial charge is 0.239 e.